The molecule has 0 saturated carbocycles. The van der Waals surface area contributed by atoms with E-state index in [-0.39, 0.29) is 11.8 Å². The van der Waals surface area contributed by atoms with E-state index in [2.05, 4.69) is 12.2 Å². The molecule has 15 heavy (non-hydrogen) atoms. The van der Waals surface area contributed by atoms with Gasteiger partial charge in [0.05, 0.1) is 6.04 Å². The number of aryl methyl sites for hydroxylation is 1. The molecule has 82 valence electrons. The van der Waals surface area contributed by atoms with Crippen molar-refractivity contribution in [1.82, 2.24) is 5.32 Å². The topological polar surface area (TPSA) is 29.1 Å². The largest absolute Gasteiger partial charge is 0.310 e. The quantitative estimate of drug-likeness (QED) is 0.748. The van der Waals surface area contributed by atoms with Crippen LogP contribution < -0.4 is 5.32 Å². The summed E-state index contributed by atoms with van der Waals surface area (Å²) in [4.78, 5) is 11.8. The first-order valence-corrected chi connectivity index (χ1v) is 5.49. The van der Waals surface area contributed by atoms with Gasteiger partial charge < -0.3 is 5.32 Å². The molecule has 0 aliphatic carbocycles. The van der Waals surface area contributed by atoms with Crippen LogP contribution in [0.1, 0.15) is 36.2 Å². The molecular formula is C13H19NO. The number of carbonyl (C=O) groups excluding carboxylic acids is 1. The van der Waals surface area contributed by atoms with Crippen molar-refractivity contribution in [1.29, 1.82) is 0 Å². The molecule has 0 aromatic heterocycles. The number of benzene rings is 1. The second-order valence-electron chi connectivity index (χ2n) is 3.82. The molecule has 2 heteroatoms. The average Bonchev–Trinajstić information content (AvgIpc) is 2.28. The number of hydrogen-bond acceptors (Lipinski definition) is 2. The zero-order chi connectivity index (χ0) is 11.3. The maximum absolute atomic E-state index is 11.8. The maximum atomic E-state index is 11.8. The van der Waals surface area contributed by atoms with E-state index in [4.69, 9.17) is 0 Å². The maximum Gasteiger partial charge on any atom is 0.179 e. The van der Waals surface area contributed by atoms with E-state index < -0.39 is 0 Å². The van der Waals surface area contributed by atoms with Crippen molar-refractivity contribution in [3.63, 3.8) is 0 Å². The Morgan fingerprint density at radius 2 is 1.93 bits per heavy atom. The van der Waals surface area contributed by atoms with Crippen molar-refractivity contribution in [3.8, 4) is 0 Å². The molecule has 1 rings (SSSR count). The van der Waals surface area contributed by atoms with E-state index in [1.807, 2.05) is 31.2 Å². The summed E-state index contributed by atoms with van der Waals surface area (Å²) in [7, 11) is 1.80. The van der Waals surface area contributed by atoms with E-state index >= 15 is 0 Å². The lowest BCUT2D eigenvalue weighted by atomic mass is 10.0. The lowest BCUT2D eigenvalue weighted by Gasteiger charge is -2.09. The summed E-state index contributed by atoms with van der Waals surface area (Å²) in [6, 6.07) is 7.81. The summed E-state index contributed by atoms with van der Waals surface area (Å²) in [6.07, 6.45) is 2.22. The summed E-state index contributed by atoms with van der Waals surface area (Å²) >= 11 is 0. The van der Waals surface area contributed by atoms with Gasteiger partial charge in [0.25, 0.3) is 0 Å². The highest BCUT2D eigenvalue weighted by Crippen LogP contribution is 2.08. The summed E-state index contributed by atoms with van der Waals surface area (Å²) in [6.45, 7) is 4.03. The molecule has 1 N–H and O–H groups in total. The van der Waals surface area contributed by atoms with Gasteiger partial charge in [-0.05, 0) is 26.0 Å². The number of carbonyl (C=O) groups is 1. The van der Waals surface area contributed by atoms with Crippen LogP contribution in [0.3, 0.4) is 0 Å². The molecule has 1 atom stereocenters. The Balaban J connectivity index is 2.75. The highest BCUT2D eigenvalue weighted by Gasteiger charge is 2.12. The Morgan fingerprint density at radius 3 is 2.40 bits per heavy atom. The van der Waals surface area contributed by atoms with Crippen molar-refractivity contribution in [2.75, 3.05) is 7.05 Å². The average molecular weight is 205 g/mol. The third kappa shape index (κ3) is 3.17. The van der Waals surface area contributed by atoms with Gasteiger partial charge in [-0.25, -0.2) is 0 Å². The molecule has 1 aromatic rings. The summed E-state index contributed by atoms with van der Waals surface area (Å²) in [5, 5.41) is 2.95. The highest BCUT2D eigenvalue weighted by molar-refractivity contribution is 5.99. The Morgan fingerprint density at radius 1 is 1.33 bits per heavy atom. The van der Waals surface area contributed by atoms with Gasteiger partial charge >= 0.3 is 0 Å². The second kappa shape index (κ2) is 5.66. The van der Waals surface area contributed by atoms with E-state index in [1.165, 1.54) is 5.56 Å². The fourth-order valence-electron chi connectivity index (χ4n) is 1.51. The molecule has 1 unspecified atom stereocenters. The Hall–Kier alpha value is -1.15. The number of likely N-dealkylation sites (N-methyl/N-ethyl adjacent to an activating group) is 1. The van der Waals surface area contributed by atoms with Gasteiger partial charge in [-0.2, -0.15) is 0 Å². The van der Waals surface area contributed by atoms with Gasteiger partial charge in [0.1, 0.15) is 0 Å². The minimum absolute atomic E-state index is 0.109. The summed E-state index contributed by atoms with van der Waals surface area (Å²) in [5.74, 6) is 0.153. The number of ketones is 1. The van der Waals surface area contributed by atoms with Crippen LogP contribution in [0.5, 0.6) is 0 Å². The van der Waals surface area contributed by atoms with Crippen LogP contribution >= 0.6 is 0 Å². The highest BCUT2D eigenvalue weighted by atomic mass is 16.1. The molecule has 0 saturated heterocycles. The van der Waals surface area contributed by atoms with Gasteiger partial charge in [-0.3, -0.25) is 4.79 Å². The Labute approximate surface area is 91.7 Å². The SMILES string of the molecule is CCCc1ccc(C(=O)C(C)NC)cc1. The predicted molar refractivity (Wildman–Crippen MR) is 63.3 cm³/mol. The molecule has 0 fully saturated rings. The molecular weight excluding hydrogens is 186 g/mol. The van der Waals surface area contributed by atoms with Crippen LogP contribution in [0, 0.1) is 0 Å². The van der Waals surface area contributed by atoms with Crippen LogP contribution in [-0.4, -0.2) is 18.9 Å². The Bertz CT molecular complexity index is 316. The van der Waals surface area contributed by atoms with Crippen molar-refractivity contribution < 1.29 is 4.79 Å². The zero-order valence-corrected chi connectivity index (χ0v) is 9.71. The molecule has 0 radical (unpaired) electrons. The van der Waals surface area contributed by atoms with E-state index in [0.717, 1.165) is 18.4 Å². The Kier molecular flexibility index (Phi) is 4.50. The van der Waals surface area contributed by atoms with Gasteiger partial charge in [-0.15, -0.1) is 0 Å². The fourth-order valence-corrected chi connectivity index (χ4v) is 1.51. The van der Waals surface area contributed by atoms with Crippen LogP contribution in [-0.2, 0) is 6.42 Å². The minimum atomic E-state index is -0.109. The number of Topliss-reactive ketones (excluding diaryl/α,β-unsaturated/α-hetero) is 1. The third-order valence-electron chi connectivity index (χ3n) is 2.60. The molecule has 1 aromatic carbocycles. The van der Waals surface area contributed by atoms with Gasteiger partial charge in [0.2, 0.25) is 0 Å². The van der Waals surface area contributed by atoms with E-state index in [1.54, 1.807) is 7.05 Å². The normalized spacial score (nSPS) is 12.5. The predicted octanol–water partition coefficient (Wildman–Crippen LogP) is 2.43. The summed E-state index contributed by atoms with van der Waals surface area (Å²) in [5.41, 5.74) is 2.09. The second-order valence-corrected chi connectivity index (χ2v) is 3.82. The molecule has 0 aliphatic heterocycles. The van der Waals surface area contributed by atoms with Crippen molar-refractivity contribution >= 4 is 5.78 Å². The molecule has 0 amide bonds. The van der Waals surface area contributed by atoms with E-state index in [0.29, 0.717) is 0 Å². The first kappa shape index (κ1) is 11.9. The first-order valence-electron chi connectivity index (χ1n) is 5.49. The fraction of sp³-hybridized carbons (Fsp3) is 0.462. The lowest BCUT2D eigenvalue weighted by Crippen LogP contribution is -2.30. The van der Waals surface area contributed by atoms with Gasteiger partial charge in [0, 0.05) is 5.56 Å². The van der Waals surface area contributed by atoms with Crippen molar-refractivity contribution in [2.24, 2.45) is 0 Å². The molecule has 2 nitrogen and oxygen atoms in total. The number of hydrogen-bond donors (Lipinski definition) is 1. The van der Waals surface area contributed by atoms with Crippen LogP contribution in [0.4, 0.5) is 0 Å². The van der Waals surface area contributed by atoms with Crippen LogP contribution in [0.25, 0.3) is 0 Å². The number of nitrogens with one attached hydrogen (secondary N) is 1. The smallest absolute Gasteiger partial charge is 0.179 e. The van der Waals surface area contributed by atoms with Crippen LogP contribution in [0.2, 0.25) is 0 Å². The van der Waals surface area contributed by atoms with Gasteiger partial charge in [0.15, 0.2) is 5.78 Å². The molecule has 0 spiro atoms. The monoisotopic (exact) mass is 205 g/mol. The zero-order valence-electron chi connectivity index (χ0n) is 9.71. The van der Waals surface area contributed by atoms with Gasteiger partial charge in [-0.1, -0.05) is 37.6 Å². The molecule has 0 bridgehead atoms. The third-order valence-corrected chi connectivity index (χ3v) is 2.60. The number of rotatable bonds is 5. The van der Waals surface area contributed by atoms with Crippen molar-refractivity contribution in [3.05, 3.63) is 35.4 Å². The lowest BCUT2D eigenvalue weighted by molar-refractivity contribution is 0.0955. The van der Waals surface area contributed by atoms with Crippen molar-refractivity contribution in [2.45, 2.75) is 32.7 Å². The first-order chi connectivity index (χ1) is 7.19. The minimum Gasteiger partial charge on any atom is -0.310 e. The van der Waals surface area contributed by atoms with Crippen LogP contribution in [0.15, 0.2) is 24.3 Å². The molecule has 0 aliphatic rings. The molecule has 0 heterocycles. The standard InChI is InChI=1S/C13H19NO/c1-4-5-11-6-8-12(9-7-11)13(15)10(2)14-3/h6-10,14H,4-5H2,1-3H3. The summed E-state index contributed by atoms with van der Waals surface area (Å²) < 4.78 is 0. The van der Waals surface area contributed by atoms with E-state index in [9.17, 15) is 4.79 Å².